The van der Waals surface area contributed by atoms with Crippen LogP contribution >= 0.6 is 0 Å². The number of hydrogen-bond donors (Lipinski definition) is 1. The lowest BCUT2D eigenvalue weighted by molar-refractivity contribution is -0.116. The van der Waals surface area contributed by atoms with E-state index in [9.17, 15) is 4.79 Å². The van der Waals surface area contributed by atoms with Crippen LogP contribution in [-0.2, 0) is 4.79 Å². The fourth-order valence-corrected chi connectivity index (χ4v) is 6.95. The topological polar surface area (TPSA) is 50.2 Å². The van der Waals surface area contributed by atoms with E-state index in [0.29, 0.717) is 6.42 Å². The summed E-state index contributed by atoms with van der Waals surface area (Å²) in [6, 6.07) is 23.2. The Hall–Kier alpha value is -4.12. The molecule has 1 aromatic heterocycles. The number of ketones is 1. The molecule has 5 heteroatoms. The zero-order valence-corrected chi connectivity index (χ0v) is 23.2. The normalized spacial score (nSPS) is 21.7. The Morgan fingerprint density at radius 3 is 2.56 bits per heavy atom. The minimum absolute atomic E-state index is 0.0549. The van der Waals surface area contributed by atoms with Crippen molar-refractivity contribution in [3.8, 4) is 0 Å². The first-order valence-electron chi connectivity index (χ1n) is 13.9. The summed E-state index contributed by atoms with van der Waals surface area (Å²) in [6.07, 6.45) is 3.65. The number of benzene rings is 3. The van der Waals surface area contributed by atoms with Crippen LogP contribution in [0.25, 0.3) is 16.6 Å². The number of carbonyl (C=O) groups excluding carboxylic acids is 1. The van der Waals surface area contributed by atoms with Crippen LogP contribution < -0.4 is 10.2 Å². The fraction of sp³-hybridized carbons (Fsp3) is 0.294. The number of anilines is 2. The van der Waals surface area contributed by atoms with Crippen molar-refractivity contribution in [2.24, 2.45) is 0 Å². The van der Waals surface area contributed by atoms with Gasteiger partial charge in [0.15, 0.2) is 5.78 Å². The molecule has 0 saturated heterocycles. The van der Waals surface area contributed by atoms with Gasteiger partial charge in [-0.05, 0) is 86.6 Å². The van der Waals surface area contributed by atoms with Crippen molar-refractivity contribution < 1.29 is 4.79 Å². The molecular weight excluding hydrogens is 480 g/mol. The zero-order chi connectivity index (χ0) is 27.1. The molecule has 2 aliphatic heterocycles. The maximum absolute atomic E-state index is 14.1. The van der Waals surface area contributed by atoms with Crippen LogP contribution in [0, 0.1) is 6.92 Å². The van der Waals surface area contributed by atoms with Crippen molar-refractivity contribution in [3.05, 3.63) is 106 Å². The summed E-state index contributed by atoms with van der Waals surface area (Å²) < 4.78 is 2.23. The standard InChI is InChI=1S/C34H34N4O/c1-20-10-6-7-11-24(20)23-17-27-31(30(39)18-23)32(38-29-13-9-8-12-26(29)35-33(38)36-27)22-14-15-28-25(16-22)21(2)19-34(3,4)37(28)5/h6-16,19,23,32H,17-18H2,1-5H3,(H,35,36)/t23-,32-/m0/s1. The number of rotatable bonds is 2. The van der Waals surface area contributed by atoms with Gasteiger partial charge in [-0.2, -0.15) is 0 Å². The number of Topliss-reactive ketones (excluding diaryl/α,β-unsaturated/α-hetero) is 1. The summed E-state index contributed by atoms with van der Waals surface area (Å²) in [5.74, 6) is 1.18. The second kappa shape index (κ2) is 8.44. The van der Waals surface area contributed by atoms with Gasteiger partial charge in [-0.15, -0.1) is 0 Å². The van der Waals surface area contributed by atoms with Gasteiger partial charge in [0.1, 0.15) is 0 Å². The molecule has 2 atom stereocenters. The number of fused-ring (bicyclic) bond motifs is 4. The first kappa shape index (κ1) is 24.0. The number of imidazole rings is 1. The SMILES string of the molecule is CC1=CC(C)(C)N(C)c2ccc([C@H]3C4=C(C[C@H](c5ccccc5C)CC4=O)Nc4nc5ccccc5n43)cc21. The minimum atomic E-state index is -0.229. The molecule has 0 spiro atoms. The van der Waals surface area contributed by atoms with E-state index in [0.717, 1.165) is 40.2 Å². The van der Waals surface area contributed by atoms with Gasteiger partial charge < -0.3 is 10.2 Å². The summed E-state index contributed by atoms with van der Waals surface area (Å²) in [6.45, 7) is 8.82. The zero-order valence-electron chi connectivity index (χ0n) is 23.2. The fourth-order valence-electron chi connectivity index (χ4n) is 6.95. The van der Waals surface area contributed by atoms with Gasteiger partial charge in [0, 0.05) is 36.0 Å². The van der Waals surface area contributed by atoms with Crippen LogP contribution in [0.5, 0.6) is 0 Å². The van der Waals surface area contributed by atoms with Crippen molar-refractivity contribution >= 4 is 34.0 Å². The molecule has 1 N–H and O–H groups in total. The van der Waals surface area contributed by atoms with Crippen molar-refractivity contribution in [1.82, 2.24) is 9.55 Å². The van der Waals surface area contributed by atoms with Crippen molar-refractivity contribution in [2.75, 3.05) is 17.3 Å². The average molecular weight is 515 g/mol. The van der Waals surface area contributed by atoms with Gasteiger partial charge in [-0.25, -0.2) is 4.98 Å². The van der Waals surface area contributed by atoms with Gasteiger partial charge in [-0.3, -0.25) is 9.36 Å². The largest absolute Gasteiger partial charge is 0.366 e. The number of nitrogens with zero attached hydrogens (tertiary/aromatic N) is 3. The second-order valence-electron chi connectivity index (χ2n) is 11.9. The number of carbonyl (C=O) groups is 1. The van der Waals surface area contributed by atoms with Gasteiger partial charge in [-0.1, -0.05) is 48.5 Å². The Bertz CT molecular complexity index is 1740. The lowest BCUT2D eigenvalue weighted by atomic mass is 9.76. The highest BCUT2D eigenvalue weighted by Crippen LogP contribution is 2.48. The van der Waals surface area contributed by atoms with E-state index in [2.05, 4.69) is 104 Å². The molecule has 0 saturated carbocycles. The molecule has 0 amide bonds. The minimum Gasteiger partial charge on any atom is -0.366 e. The summed E-state index contributed by atoms with van der Waals surface area (Å²) in [7, 11) is 2.16. The maximum atomic E-state index is 14.1. The molecule has 196 valence electrons. The Labute approximate surface area is 229 Å². The van der Waals surface area contributed by atoms with E-state index in [4.69, 9.17) is 4.98 Å². The van der Waals surface area contributed by atoms with E-state index < -0.39 is 0 Å². The highest BCUT2D eigenvalue weighted by molar-refractivity contribution is 6.01. The molecule has 0 bridgehead atoms. The van der Waals surface area contributed by atoms with Crippen LogP contribution in [0.4, 0.5) is 11.6 Å². The Morgan fingerprint density at radius 2 is 1.74 bits per heavy atom. The molecule has 0 radical (unpaired) electrons. The number of aryl methyl sites for hydroxylation is 1. The van der Waals surface area contributed by atoms with E-state index in [-0.39, 0.29) is 23.3 Å². The van der Waals surface area contributed by atoms with Gasteiger partial charge in [0.2, 0.25) is 5.95 Å². The van der Waals surface area contributed by atoms with Crippen molar-refractivity contribution in [1.29, 1.82) is 0 Å². The highest BCUT2D eigenvalue weighted by atomic mass is 16.1. The van der Waals surface area contributed by atoms with Crippen LogP contribution in [0.1, 0.15) is 67.8 Å². The molecule has 0 fully saturated rings. The molecule has 39 heavy (non-hydrogen) atoms. The lowest BCUT2D eigenvalue weighted by Crippen LogP contribution is -2.42. The predicted octanol–water partition coefficient (Wildman–Crippen LogP) is 7.39. The van der Waals surface area contributed by atoms with Crippen molar-refractivity contribution in [3.63, 3.8) is 0 Å². The monoisotopic (exact) mass is 514 g/mol. The Kier molecular flexibility index (Phi) is 5.18. The Balaban J connectivity index is 1.42. The molecule has 3 aromatic carbocycles. The third-order valence-corrected chi connectivity index (χ3v) is 9.08. The molecule has 7 rings (SSSR count). The summed E-state index contributed by atoms with van der Waals surface area (Å²) >= 11 is 0. The third-order valence-electron chi connectivity index (χ3n) is 9.08. The van der Waals surface area contributed by atoms with E-state index >= 15 is 0 Å². The lowest BCUT2D eigenvalue weighted by Gasteiger charge is -2.41. The van der Waals surface area contributed by atoms with Crippen LogP contribution in [0.15, 0.2) is 84.1 Å². The van der Waals surface area contributed by atoms with E-state index in [1.807, 2.05) is 18.2 Å². The highest BCUT2D eigenvalue weighted by Gasteiger charge is 2.40. The molecule has 3 heterocycles. The Morgan fingerprint density at radius 1 is 0.974 bits per heavy atom. The average Bonchev–Trinajstić information content (AvgIpc) is 3.28. The van der Waals surface area contributed by atoms with Crippen LogP contribution in [-0.4, -0.2) is 27.9 Å². The van der Waals surface area contributed by atoms with Gasteiger partial charge in [0.25, 0.3) is 0 Å². The van der Waals surface area contributed by atoms with E-state index in [1.165, 1.54) is 28.0 Å². The molecule has 0 unspecified atom stereocenters. The summed E-state index contributed by atoms with van der Waals surface area (Å²) in [4.78, 5) is 21.4. The molecular formula is C34H34N4O. The summed E-state index contributed by atoms with van der Waals surface area (Å²) in [5, 5.41) is 3.62. The molecule has 5 nitrogen and oxygen atoms in total. The van der Waals surface area contributed by atoms with E-state index in [1.54, 1.807) is 0 Å². The van der Waals surface area contributed by atoms with Crippen molar-refractivity contribution in [2.45, 2.75) is 58.0 Å². The first-order chi connectivity index (χ1) is 18.7. The predicted molar refractivity (Wildman–Crippen MR) is 159 cm³/mol. The number of para-hydroxylation sites is 2. The summed E-state index contributed by atoms with van der Waals surface area (Å²) in [5.41, 5.74) is 11.1. The molecule has 1 aliphatic carbocycles. The first-order valence-corrected chi connectivity index (χ1v) is 13.9. The quantitative estimate of drug-likeness (QED) is 0.303. The third kappa shape index (κ3) is 3.59. The smallest absolute Gasteiger partial charge is 0.209 e. The van der Waals surface area contributed by atoms with Gasteiger partial charge in [0.05, 0.1) is 22.6 Å². The number of likely N-dealkylation sites (N-methyl/N-ethyl adjacent to an activating group) is 1. The van der Waals surface area contributed by atoms with Crippen LogP contribution in [0.3, 0.4) is 0 Å². The van der Waals surface area contributed by atoms with Gasteiger partial charge >= 0.3 is 0 Å². The maximum Gasteiger partial charge on any atom is 0.209 e. The number of aromatic nitrogens is 2. The second-order valence-corrected chi connectivity index (χ2v) is 11.9. The van der Waals surface area contributed by atoms with Crippen LogP contribution in [0.2, 0.25) is 0 Å². The number of hydrogen-bond acceptors (Lipinski definition) is 4. The number of allylic oxidation sites excluding steroid dienone is 3. The molecule has 4 aromatic rings. The number of nitrogens with one attached hydrogen (secondary N) is 1. The molecule has 3 aliphatic rings.